The van der Waals surface area contributed by atoms with Gasteiger partial charge in [-0.25, -0.2) is 4.79 Å². The van der Waals surface area contributed by atoms with E-state index in [0.29, 0.717) is 18.7 Å². The zero-order chi connectivity index (χ0) is 21.1. The molecule has 4 rings (SSSR count). The molecule has 3 heterocycles. The van der Waals surface area contributed by atoms with Gasteiger partial charge in [-0.1, -0.05) is 12.1 Å². The number of benzene rings is 1. The second kappa shape index (κ2) is 8.62. The molecular formula is C22H25N5O3. The maximum Gasteiger partial charge on any atom is 0.327 e. The number of hydrogen-bond acceptors (Lipinski definition) is 5. The molecule has 0 spiro atoms. The van der Waals surface area contributed by atoms with Crippen LogP contribution in [0.1, 0.15) is 24.0 Å². The topological polar surface area (TPSA) is 94.6 Å². The van der Waals surface area contributed by atoms with Gasteiger partial charge in [0.1, 0.15) is 12.6 Å². The maximum atomic E-state index is 13.2. The van der Waals surface area contributed by atoms with Gasteiger partial charge in [-0.15, -0.1) is 0 Å². The molecule has 0 bridgehead atoms. The molecule has 2 aromatic rings. The molecule has 0 saturated carbocycles. The summed E-state index contributed by atoms with van der Waals surface area (Å²) in [5, 5.41) is 6.10. The largest absolute Gasteiger partial charge is 0.327 e. The maximum absolute atomic E-state index is 13.2. The fourth-order valence-corrected chi connectivity index (χ4v) is 4.10. The van der Waals surface area contributed by atoms with Crippen LogP contribution in [-0.4, -0.2) is 57.8 Å². The molecule has 2 saturated heterocycles. The van der Waals surface area contributed by atoms with Gasteiger partial charge >= 0.3 is 6.03 Å². The summed E-state index contributed by atoms with van der Waals surface area (Å²) in [5.74, 6) is -0.520. The van der Waals surface area contributed by atoms with Crippen LogP contribution < -0.4 is 10.6 Å². The number of carbonyl (C=O) groups is 3. The number of imide groups is 1. The van der Waals surface area contributed by atoms with E-state index in [1.165, 1.54) is 9.80 Å². The van der Waals surface area contributed by atoms with Crippen molar-refractivity contribution in [2.24, 2.45) is 0 Å². The number of hydrogen-bond donors (Lipinski definition) is 2. The number of nitrogens with one attached hydrogen (secondary N) is 2. The lowest BCUT2D eigenvalue weighted by Crippen LogP contribution is -2.70. The molecule has 2 N–H and O–H groups in total. The van der Waals surface area contributed by atoms with E-state index in [-0.39, 0.29) is 30.9 Å². The van der Waals surface area contributed by atoms with Crippen molar-refractivity contribution in [3.63, 3.8) is 0 Å². The molecule has 2 atom stereocenters. The summed E-state index contributed by atoms with van der Waals surface area (Å²) in [7, 11) is 0. The number of carbonyl (C=O) groups excluding carboxylic acids is 3. The van der Waals surface area contributed by atoms with Gasteiger partial charge < -0.3 is 15.5 Å². The van der Waals surface area contributed by atoms with Crippen molar-refractivity contribution in [1.29, 1.82) is 0 Å². The number of fused-ring (bicyclic) bond motifs is 1. The minimum Gasteiger partial charge on any atom is -0.325 e. The lowest BCUT2D eigenvalue weighted by molar-refractivity contribution is -0.138. The highest BCUT2D eigenvalue weighted by molar-refractivity contribution is 6.02. The van der Waals surface area contributed by atoms with Gasteiger partial charge in [0.15, 0.2) is 0 Å². The Kier molecular flexibility index (Phi) is 5.76. The Morgan fingerprint density at radius 3 is 2.80 bits per heavy atom. The smallest absolute Gasteiger partial charge is 0.325 e. The molecule has 156 valence electrons. The number of piperidine rings is 1. The fraction of sp³-hybridized carbons (Fsp3) is 0.364. The van der Waals surface area contributed by atoms with Gasteiger partial charge in [-0.05, 0) is 61.7 Å². The summed E-state index contributed by atoms with van der Waals surface area (Å²) in [6.45, 7) is 2.72. The number of pyridine rings is 1. The van der Waals surface area contributed by atoms with Crippen LogP contribution in [0.4, 0.5) is 10.5 Å². The van der Waals surface area contributed by atoms with Crippen LogP contribution >= 0.6 is 0 Å². The average Bonchev–Trinajstić information content (AvgIpc) is 2.75. The third kappa shape index (κ3) is 4.18. The van der Waals surface area contributed by atoms with Crippen molar-refractivity contribution in [3.8, 4) is 0 Å². The number of anilines is 1. The van der Waals surface area contributed by atoms with Crippen molar-refractivity contribution < 1.29 is 14.4 Å². The minimum atomic E-state index is -0.495. The van der Waals surface area contributed by atoms with Gasteiger partial charge in [0, 0.05) is 18.1 Å². The summed E-state index contributed by atoms with van der Waals surface area (Å²) >= 11 is 0. The predicted octanol–water partition coefficient (Wildman–Crippen LogP) is 1.91. The molecule has 1 aromatic heterocycles. The zero-order valence-electron chi connectivity index (χ0n) is 16.9. The Morgan fingerprint density at radius 1 is 1.23 bits per heavy atom. The van der Waals surface area contributed by atoms with Crippen molar-refractivity contribution in [2.45, 2.75) is 38.4 Å². The number of rotatable bonds is 5. The number of amides is 4. The highest BCUT2D eigenvalue weighted by Gasteiger charge is 2.47. The lowest BCUT2D eigenvalue weighted by atomic mass is 9.93. The molecule has 1 aromatic carbocycles. The molecule has 2 unspecified atom stereocenters. The standard InChI is InChI=1S/C22H25N5O3/c1-15-4-2-5-17(12-15)25-19(28)14-26-18-6-3-9-24-20(18)21(29)27(22(26)30)13-16-7-10-23-11-8-16/h2,4-5,7-8,10-12,18,20,24H,3,6,9,13-14H2,1H3,(H,25,28). The van der Waals surface area contributed by atoms with Gasteiger partial charge in [-0.3, -0.25) is 19.5 Å². The van der Waals surface area contributed by atoms with Crippen LogP contribution in [0.2, 0.25) is 0 Å². The minimum absolute atomic E-state index is 0.101. The van der Waals surface area contributed by atoms with E-state index in [9.17, 15) is 14.4 Å². The second-order valence-electron chi connectivity index (χ2n) is 7.75. The van der Waals surface area contributed by atoms with Gasteiger partial charge in [0.2, 0.25) is 11.8 Å². The van der Waals surface area contributed by atoms with Crippen LogP contribution in [0.15, 0.2) is 48.8 Å². The van der Waals surface area contributed by atoms with Crippen LogP contribution in [0.3, 0.4) is 0 Å². The summed E-state index contributed by atoms with van der Waals surface area (Å²) in [6.07, 6.45) is 4.80. The molecule has 2 aliphatic heterocycles. The van der Waals surface area contributed by atoms with Crippen LogP contribution in [0.5, 0.6) is 0 Å². The summed E-state index contributed by atoms with van der Waals surface area (Å²) < 4.78 is 0. The van der Waals surface area contributed by atoms with Crippen LogP contribution in [0, 0.1) is 6.92 Å². The van der Waals surface area contributed by atoms with Crippen LogP contribution in [-0.2, 0) is 16.1 Å². The number of aryl methyl sites for hydroxylation is 1. The molecule has 30 heavy (non-hydrogen) atoms. The quantitative estimate of drug-likeness (QED) is 0.790. The van der Waals surface area contributed by atoms with E-state index in [1.54, 1.807) is 24.5 Å². The van der Waals surface area contributed by atoms with Crippen LogP contribution in [0.25, 0.3) is 0 Å². The van der Waals surface area contributed by atoms with Gasteiger partial charge in [0.05, 0.1) is 12.6 Å². The van der Waals surface area contributed by atoms with E-state index in [2.05, 4.69) is 15.6 Å². The van der Waals surface area contributed by atoms with E-state index in [0.717, 1.165) is 17.5 Å². The van der Waals surface area contributed by atoms with E-state index in [4.69, 9.17) is 0 Å². The summed E-state index contributed by atoms with van der Waals surface area (Å²) in [4.78, 5) is 45.7. The first-order valence-corrected chi connectivity index (χ1v) is 10.1. The Labute approximate surface area is 175 Å². The summed E-state index contributed by atoms with van der Waals surface area (Å²) in [5.41, 5.74) is 2.53. The summed E-state index contributed by atoms with van der Waals surface area (Å²) in [6, 6.07) is 9.80. The van der Waals surface area contributed by atoms with Crippen molar-refractivity contribution >= 4 is 23.5 Å². The SMILES string of the molecule is Cc1cccc(NC(=O)CN2C(=O)N(Cc3ccncc3)C(=O)C3NCCCC32)c1. The second-order valence-corrected chi connectivity index (χ2v) is 7.75. The van der Waals surface area contributed by atoms with Gasteiger partial charge in [0.25, 0.3) is 0 Å². The van der Waals surface area contributed by atoms with E-state index in [1.807, 2.05) is 31.2 Å². The molecule has 8 heteroatoms. The Morgan fingerprint density at radius 2 is 2.03 bits per heavy atom. The van der Waals surface area contributed by atoms with E-state index < -0.39 is 12.1 Å². The molecule has 2 aliphatic rings. The normalized spacial score (nSPS) is 21.4. The van der Waals surface area contributed by atoms with E-state index >= 15 is 0 Å². The van der Waals surface area contributed by atoms with Crippen molar-refractivity contribution in [3.05, 3.63) is 59.9 Å². The van der Waals surface area contributed by atoms with Crippen molar-refractivity contribution in [1.82, 2.24) is 20.1 Å². The first-order chi connectivity index (χ1) is 14.5. The predicted molar refractivity (Wildman–Crippen MR) is 112 cm³/mol. The Balaban J connectivity index is 1.54. The average molecular weight is 407 g/mol. The molecular weight excluding hydrogens is 382 g/mol. The number of urea groups is 1. The number of nitrogens with zero attached hydrogens (tertiary/aromatic N) is 3. The Hall–Kier alpha value is -3.26. The Bertz CT molecular complexity index is 949. The molecule has 2 fully saturated rings. The third-order valence-corrected chi connectivity index (χ3v) is 5.54. The number of aromatic nitrogens is 1. The molecule has 4 amide bonds. The first kappa shape index (κ1) is 20.0. The monoisotopic (exact) mass is 407 g/mol. The molecule has 8 nitrogen and oxygen atoms in total. The van der Waals surface area contributed by atoms with Gasteiger partial charge in [-0.2, -0.15) is 0 Å². The zero-order valence-corrected chi connectivity index (χ0v) is 16.9. The molecule has 0 radical (unpaired) electrons. The fourth-order valence-electron chi connectivity index (χ4n) is 4.10. The lowest BCUT2D eigenvalue weighted by Gasteiger charge is -2.46. The first-order valence-electron chi connectivity index (χ1n) is 10.1. The highest BCUT2D eigenvalue weighted by atomic mass is 16.2. The molecule has 0 aliphatic carbocycles. The highest BCUT2D eigenvalue weighted by Crippen LogP contribution is 2.26. The van der Waals surface area contributed by atoms with Crippen molar-refractivity contribution in [2.75, 3.05) is 18.4 Å². The third-order valence-electron chi connectivity index (χ3n) is 5.54.